The number of hydrogen-bond donors (Lipinski definition) is 0. The van der Waals surface area contributed by atoms with Crippen molar-refractivity contribution in [3.63, 3.8) is 0 Å². The van der Waals surface area contributed by atoms with Crippen LogP contribution in [0.2, 0.25) is 0 Å². The summed E-state index contributed by atoms with van der Waals surface area (Å²) in [5, 5.41) is 0. The molecule has 1 radical (unpaired) electrons. The molecule has 3 nitrogen and oxygen atoms in total. The molecule has 5 aromatic carbocycles. The molecule has 171 valence electrons. The minimum Gasteiger partial charge on any atom is -0.485 e. The quantitative estimate of drug-likeness (QED) is 0.224. The van der Waals surface area contributed by atoms with E-state index in [1.165, 1.54) is 0 Å². The SMILES string of the molecule is [c]1ccc(-c2ccc(OCc3ccccc3)c(OCc3ccccc3)c2)c(Oc2ccccc2)c1. The molecule has 0 spiro atoms. The summed E-state index contributed by atoms with van der Waals surface area (Å²) >= 11 is 0. The summed E-state index contributed by atoms with van der Waals surface area (Å²) in [6, 6.07) is 44.8. The zero-order valence-electron chi connectivity index (χ0n) is 19.3. The summed E-state index contributed by atoms with van der Waals surface area (Å²) in [6.07, 6.45) is 0. The van der Waals surface area contributed by atoms with Crippen LogP contribution in [0.25, 0.3) is 11.1 Å². The van der Waals surface area contributed by atoms with Crippen LogP contribution in [0.1, 0.15) is 11.1 Å². The fourth-order valence-corrected chi connectivity index (χ4v) is 3.73. The van der Waals surface area contributed by atoms with Gasteiger partial charge in [-0.2, -0.15) is 0 Å². The van der Waals surface area contributed by atoms with Crippen LogP contribution in [0.3, 0.4) is 0 Å². The van der Waals surface area contributed by atoms with Crippen molar-refractivity contribution >= 4 is 0 Å². The monoisotopic (exact) mass is 457 g/mol. The van der Waals surface area contributed by atoms with Gasteiger partial charge in [-0.05, 0) is 53.1 Å². The van der Waals surface area contributed by atoms with Gasteiger partial charge < -0.3 is 14.2 Å². The first kappa shape index (κ1) is 22.3. The molecule has 3 heteroatoms. The molecule has 5 aromatic rings. The maximum absolute atomic E-state index is 6.26. The lowest BCUT2D eigenvalue weighted by atomic mass is 10.0. The van der Waals surface area contributed by atoms with Gasteiger partial charge in [0.1, 0.15) is 24.7 Å². The molecule has 0 aliphatic heterocycles. The van der Waals surface area contributed by atoms with Crippen LogP contribution < -0.4 is 14.2 Å². The number of para-hydroxylation sites is 1. The molecule has 0 amide bonds. The van der Waals surface area contributed by atoms with Crippen molar-refractivity contribution in [3.05, 3.63) is 145 Å². The molecule has 0 unspecified atom stereocenters. The van der Waals surface area contributed by atoms with E-state index in [0.29, 0.717) is 24.7 Å². The lowest BCUT2D eigenvalue weighted by molar-refractivity contribution is 0.256. The van der Waals surface area contributed by atoms with E-state index in [4.69, 9.17) is 14.2 Å². The second kappa shape index (κ2) is 11.1. The summed E-state index contributed by atoms with van der Waals surface area (Å²) in [5.74, 6) is 2.88. The predicted molar refractivity (Wildman–Crippen MR) is 139 cm³/mol. The Hall–Kier alpha value is -4.50. The minimum atomic E-state index is 0.446. The lowest BCUT2D eigenvalue weighted by Crippen LogP contribution is -2.01. The van der Waals surface area contributed by atoms with Gasteiger partial charge in [-0.1, -0.05) is 97.1 Å². The van der Waals surface area contributed by atoms with Crippen molar-refractivity contribution in [2.45, 2.75) is 13.2 Å². The standard InChI is InChI=1S/C32H25O3/c1-4-12-25(13-5-1)23-33-31-21-20-27(22-32(31)34-24-26-14-6-2-7-15-26)29-18-10-11-19-30(29)35-28-16-8-3-9-17-28/h1-10,12-22H,23-24H2. The predicted octanol–water partition coefficient (Wildman–Crippen LogP) is 8.10. The average molecular weight is 458 g/mol. The maximum Gasteiger partial charge on any atom is 0.162 e. The number of ether oxygens (including phenoxy) is 3. The van der Waals surface area contributed by atoms with Crippen LogP contribution in [0.15, 0.2) is 127 Å². The zero-order valence-corrected chi connectivity index (χ0v) is 19.3. The van der Waals surface area contributed by atoms with Gasteiger partial charge in [-0.25, -0.2) is 0 Å². The van der Waals surface area contributed by atoms with E-state index < -0.39 is 0 Å². The summed E-state index contributed by atoms with van der Waals surface area (Å²) in [5.41, 5.74) is 4.11. The van der Waals surface area contributed by atoms with E-state index in [1.807, 2.05) is 127 Å². The lowest BCUT2D eigenvalue weighted by Gasteiger charge is -2.16. The summed E-state index contributed by atoms with van der Waals surface area (Å²) in [6.45, 7) is 0.909. The molecule has 0 atom stereocenters. The molecule has 0 bridgehead atoms. The number of rotatable bonds is 9. The van der Waals surface area contributed by atoms with Gasteiger partial charge in [0.15, 0.2) is 11.5 Å². The smallest absolute Gasteiger partial charge is 0.162 e. The highest BCUT2D eigenvalue weighted by atomic mass is 16.5. The van der Waals surface area contributed by atoms with Crippen molar-refractivity contribution < 1.29 is 14.2 Å². The van der Waals surface area contributed by atoms with Crippen LogP contribution in [-0.2, 0) is 13.2 Å². The van der Waals surface area contributed by atoms with E-state index in [-0.39, 0.29) is 0 Å². The molecule has 0 aliphatic rings. The van der Waals surface area contributed by atoms with Crippen LogP contribution >= 0.6 is 0 Å². The van der Waals surface area contributed by atoms with Crippen molar-refractivity contribution in [1.29, 1.82) is 0 Å². The Morgan fingerprint density at radius 3 is 1.80 bits per heavy atom. The highest BCUT2D eigenvalue weighted by Crippen LogP contribution is 2.38. The first-order valence-corrected chi connectivity index (χ1v) is 11.6. The fraction of sp³-hybridized carbons (Fsp3) is 0.0625. The molecular weight excluding hydrogens is 432 g/mol. The van der Waals surface area contributed by atoms with Gasteiger partial charge in [0.2, 0.25) is 0 Å². The summed E-state index contributed by atoms with van der Waals surface area (Å²) in [7, 11) is 0. The Balaban J connectivity index is 1.44. The second-order valence-electron chi connectivity index (χ2n) is 8.05. The van der Waals surface area contributed by atoms with Crippen molar-refractivity contribution in [2.24, 2.45) is 0 Å². The Bertz CT molecular complexity index is 1350. The maximum atomic E-state index is 6.26. The van der Waals surface area contributed by atoms with Crippen LogP contribution in [0, 0.1) is 6.07 Å². The third-order valence-electron chi connectivity index (χ3n) is 5.53. The van der Waals surface area contributed by atoms with Crippen LogP contribution in [-0.4, -0.2) is 0 Å². The Morgan fingerprint density at radius 1 is 0.543 bits per heavy atom. The third-order valence-corrected chi connectivity index (χ3v) is 5.53. The normalized spacial score (nSPS) is 10.5. The average Bonchev–Trinajstić information content (AvgIpc) is 2.93. The molecule has 0 aliphatic carbocycles. The van der Waals surface area contributed by atoms with Crippen LogP contribution in [0.4, 0.5) is 0 Å². The molecular formula is C32H25O3. The fourth-order valence-electron chi connectivity index (χ4n) is 3.73. The van der Waals surface area contributed by atoms with Crippen molar-refractivity contribution in [2.75, 3.05) is 0 Å². The van der Waals surface area contributed by atoms with Gasteiger partial charge in [0.05, 0.1) is 0 Å². The Labute approximate surface area is 206 Å². The van der Waals surface area contributed by atoms with Gasteiger partial charge in [-0.3, -0.25) is 0 Å². The van der Waals surface area contributed by atoms with Gasteiger partial charge in [0, 0.05) is 5.56 Å². The van der Waals surface area contributed by atoms with Gasteiger partial charge in [0.25, 0.3) is 0 Å². The van der Waals surface area contributed by atoms with Crippen LogP contribution in [0.5, 0.6) is 23.0 Å². The zero-order chi connectivity index (χ0) is 23.7. The Morgan fingerprint density at radius 2 is 1.14 bits per heavy atom. The molecule has 0 saturated carbocycles. The molecule has 0 saturated heterocycles. The van der Waals surface area contributed by atoms with Crippen molar-refractivity contribution in [1.82, 2.24) is 0 Å². The van der Waals surface area contributed by atoms with E-state index in [0.717, 1.165) is 33.8 Å². The molecule has 5 rings (SSSR count). The number of hydrogen-bond acceptors (Lipinski definition) is 3. The topological polar surface area (TPSA) is 27.7 Å². The third kappa shape index (κ3) is 5.90. The first-order valence-electron chi connectivity index (χ1n) is 11.6. The summed E-state index contributed by atoms with van der Waals surface area (Å²) < 4.78 is 18.6. The summed E-state index contributed by atoms with van der Waals surface area (Å²) in [4.78, 5) is 0. The van der Waals surface area contributed by atoms with Crippen molar-refractivity contribution in [3.8, 4) is 34.1 Å². The molecule has 0 heterocycles. The van der Waals surface area contributed by atoms with E-state index in [2.05, 4.69) is 6.07 Å². The highest BCUT2D eigenvalue weighted by Gasteiger charge is 2.13. The van der Waals surface area contributed by atoms with Gasteiger partial charge in [-0.15, -0.1) is 0 Å². The van der Waals surface area contributed by atoms with E-state index in [1.54, 1.807) is 0 Å². The largest absolute Gasteiger partial charge is 0.485 e. The highest BCUT2D eigenvalue weighted by molar-refractivity contribution is 5.73. The Kier molecular flexibility index (Phi) is 7.06. The van der Waals surface area contributed by atoms with E-state index in [9.17, 15) is 0 Å². The second-order valence-corrected chi connectivity index (χ2v) is 8.05. The number of benzene rings is 5. The molecule has 0 fully saturated rings. The van der Waals surface area contributed by atoms with Gasteiger partial charge >= 0.3 is 0 Å². The minimum absolute atomic E-state index is 0.446. The molecule has 0 N–H and O–H groups in total. The molecule has 35 heavy (non-hydrogen) atoms. The molecule has 0 aromatic heterocycles. The first-order chi connectivity index (χ1) is 17.3. The van der Waals surface area contributed by atoms with E-state index >= 15 is 0 Å².